The molecule has 0 aliphatic heterocycles. The maximum absolute atomic E-state index is 5.39. The van der Waals surface area contributed by atoms with E-state index in [1.807, 2.05) is 52.9 Å². The Morgan fingerprint density at radius 3 is 2.72 bits per heavy atom. The molecule has 0 aliphatic carbocycles. The highest BCUT2D eigenvalue weighted by Gasteiger charge is 2.10. The average molecular weight is 354 g/mol. The predicted molar refractivity (Wildman–Crippen MR) is 103 cm³/mol. The second kappa shape index (κ2) is 7.94. The average Bonchev–Trinajstić information content (AvgIpc) is 3.25. The molecule has 3 aromatic rings. The molecule has 0 radical (unpaired) electrons. The number of hydrogen-bond acceptors (Lipinski definition) is 3. The first-order valence-corrected chi connectivity index (χ1v) is 8.72. The van der Waals surface area contributed by atoms with Gasteiger partial charge < -0.3 is 10.6 Å². The third-order valence-corrected chi connectivity index (χ3v) is 4.07. The van der Waals surface area contributed by atoms with Crippen LogP contribution in [0.1, 0.15) is 31.1 Å². The van der Waals surface area contributed by atoms with Gasteiger partial charge in [0.1, 0.15) is 0 Å². The Balaban J connectivity index is 1.54. The first kappa shape index (κ1) is 17.2. The second-order valence-electron chi connectivity index (χ2n) is 5.83. The van der Waals surface area contributed by atoms with Crippen molar-refractivity contribution in [1.82, 2.24) is 24.9 Å². The van der Waals surface area contributed by atoms with Crippen molar-refractivity contribution in [1.29, 1.82) is 0 Å². The standard InChI is InChI=1S/C18H22N6S/c1-3-23-10-9-17(22-23)14(2)20-18(25)21-16-11-19-24(13-16)12-15-7-5-4-6-8-15/h4-11,13-14H,3,12H2,1-2H3,(H2,20,21,25). The molecule has 1 unspecified atom stereocenters. The Morgan fingerprint density at radius 1 is 1.20 bits per heavy atom. The fourth-order valence-corrected chi connectivity index (χ4v) is 2.80. The monoisotopic (exact) mass is 354 g/mol. The molecule has 3 rings (SSSR count). The number of thiocarbonyl (C=S) groups is 1. The van der Waals surface area contributed by atoms with Gasteiger partial charge in [-0.2, -0.15) is 10.2 Å². The Hall–Kier alpha value is -2.67. The van der Waals surface area contributed by atoms with Crippen LogP contribution in [0.2, 0.25) is 0 Å². The van der Waals surface area contributed by atoms with Crippen molar-refractivity contribution in [3.8, 4) is 0 Å². The van der Waals surface area contributed by atoms with E-state index in [9.17, 15) is 0 Å². The fraction of sp³-hybridized carbons (Fsp3) is 0.278. The summed E-state index contributed by atoms with van der Waals surface area (Å²) in [5.74, 6) is 0. The minimum Gasteiger partial charge on any atom is -0.354 e. The van der Waals surface area contributed by atoms with Crippen LogP contribution in [0, 0.1) is 0 Å². The number of aromatic nitrogens is 4. The molecule has 7 heteroatoms. The molecule has 0 amide bonds. The van der Waals surface area contributed by atoms with E-state index in [-0.39, 0.29) is 6.04 Å². The molecule has 2 heterocycles. The number of rotatable bonds is 6. The number of benzene rings is 1. The number of hydrogen-bond donors (Lipinski definition) is 2. The van der Waals surface area contributed by atoms with Gasteiger partial charge in [0.25, 0.3) is 0 Å². The first-order chi connectivity index (χ1) is 12.1. The Kier molecular flexibility index (Phi) is 5.45. The van der Waals surface area contributed by atoms with Crippen LogP contribution in [0.5, 0.6) is 0 Å². The van der Waals surface area contributed by atoms with E-state index in [1.54, 1.807) is 6.20 Å². The topological polar surface area (TPSA) is 59.7 Å². The molecule has 130 valence electrons. The van der Waals surface area contributed by atoms with E-state index in [2.05, 4.69) is 39.9 Å². The Morgan fingerprint density at radius 2 is 2.00 bits per heavy atom. The van der Waals surface area contributed by atoms with Gasteiger partial charge in [-0.25, -0.2) is 0 Å². The molecular formula is C18H22N6S. The van der Waals surface area contributed by atoms with Gasteiger partial charge in [0.2, 0.25) is 0 Å². The SMILES string of the molecule is CCn1ccc(C(C)NC(=S)Nc2cnn(Cc3ccccc3)c2)n1. The highest BCUT2D eigenvalue weighted by atomic mass is 32.1. The van der Waals surface area contributed by atoms with Crippen LogP contribution in [0.15, 0.2) is 55.0 Å². The normalized spacial score (nSPS) is 11.9. The highest BCUT2D eigenvalue weighted by molar-refractivity contribution is 7.80. The molecule has 2 N–H and O–H groups in total. The van der Waals surface area contributed by atoms with Crippen molar-refractivity contribution >= 4 is 23.0 Å². The van der Waals surface area contributed by atoms with E-state index in [4.69, 9.17) is 12.2 Å². The molecule has 6 nitrogen and oxygen atoms in total. The molecule has 0 fully saturated rings. The lowest BCUT2D eigenvalue weighted by Gasteiger charge is -2.14. The second-order valence-corrected chi connectivity index (χ2v) is 6.24. The molecule has 1 atom stereocenters. The Bertz CT molecular complexity index is 823. The summed E-state index contributed by atoms with van der Waals surface area (Å²) in [6.07, 6.45) is 5.68. The van der Waals surface area contributed by atoms with Crippen molar-refractivity contribution in [3.63, 3.8) is 0 Å². The van der Waals surface area contributed by atoms with E-state index < -0.39 is 0 Å². The Labute approximate surface area is 152 Å². The van der Waals surface area contributed by atoms with Gasteiger partial charge >= 0.3 is 0 Å². The van der Waals surface area contributed by atoms with Crippen LogP contribution in [-0.4, -0.2) is 24.7 Å². The lowest BCUT2D eigenvalue weighted by atomic mass is 10.2. The van der Waals surface area contributed by atoms with Gasteiger partial charge in [0.15, 0.2) is 5.11 Å². The largest absolute Gasteiger partial charge is 0.354 e. The van der Waals surface area contributed by atoms with E-state index in [0.717, 1.165) is 24.5 Å². The maximum atomic E-state index is 5.39. The van der Waals surface area contributed by atoms with Crippen molar-refractivity contribution in [3.05, 3.63) is 66.2 Å². The number of anilines is 1. The minimum absolute atomic E-state index is 0.0344. The molecule has 0 spiro atoms. The summed E-state index contributed by atoms with van der Waals surface area (Å²) < 4.78 is 3.78. The van der Waals surface area contributed by atoms with E-state index in [0.29, 0.717) is 5.11 Å². The number of aryl methyl sites for hydroxylation is 1. The zero-order valence-electron chi connectivity index (χ0n) is 14.4. The van der Waals surface area contributed by atoms with Crippen LogP contribution in [0.25, 0.3) is 0 Å². The zero-order chi connectivity index (χ0) is 17.6. The summed E-state index contributed by atoms with van der Waals surface area (Å²) in [6, 6.07) is 12.3. The highest BCUT2D eigenvalue weighted by Crippen LogP contribution is 2.11. The fourth-order valence-electron chi connectivity index (χ4n) is 2.51. The third kappa shape index (κ3) is 4.67. The van der Waals surface area contributed by atoms with E-state index >= 15 is 0 Å². The van der Waals surface area contributed by atoms with Gasteiger partial charge in [-0.05, 0) is 37.7 Å². The van der Waals surface area contributed by atoms with Crippen LogP contribution in [-0.2, 0) is 13.1 Å². The molecule has 25 heavy (non-hydrogen) atoms. The van der Waals surface area contributed by atoms with Crippen molar-refractivity contribution in [2.24, 2.45) is 0 Å². The smallest absolute Gasteiger partial charge is 0.171 e. The lowest BCUT2D eigenvalue weighted by Crippen LogP contribution is -2.31. The quantitative estimate of drug-likeness (QED) is 0.666. The molecule has 0 saturated heterocycles. The molecule has 0 saturated carbocycles. The summed E-state index contributed by atoms with van der Waals surface area (Å²) in [4.78, 5) is 0. The molecular weight excluding hydrogens is 332 g/mol. The summed E-state index contributed by atoms with van der Waals surface area (Å²) >= 11 is 5.39. The third-order valence-electron chi connectivity index (χ3n) is 3.86. The van der Waals surface area contributed by atoms with Crippen molar-refractivity contribution in [2.45, 2.75) is 33.0 Å². The van der Waals surface area contributed by atoms with Crippen molar-refractivity contribution < 1.29 is 0 Å². The summed E-state index contributed by atoms with van der Waals surface area (Å²) in [6.45, 7) is 5.69. The van der Waals surface area contributed by atoms with Gasteiger partial charge in [-0.1, -0.05) is 30.3 Å². The van der Waals surface area contributed by atoms with Crippen LogP contribution in [0.3, 0.4) is 0 Å². The molecule has 1 aromatic carbocycles. The number of nitrogens with one attached hydrogen (secondary N) is 2. The van der Waals surface area contributed by atoms with Crippen LogP contribution < -0.4 is 10.6 Å². The summed E-state index contributed by atoms with van der Waals surface area (Å²) in [5.41, 5.74) is 3.03. The molecule has 0 aliphatic rings. The van der Waals surface area contributed by atoms with Crippen LogP contribution >= 0.6 is 12.2 Å². The van der Waals surface area contributed by atoms with E-state index in [1.165, 1.54) is 5.56 Å². The molecule has 2 aromatic heterocycles. The minimum atomic E-state index is 0.0344. The summed E-state index contributed by atoms with van der Waals surface area (Å²) in [5, 5.41) is 15.8. The van der Waals surface area contributed by atoms with Gasteiger partial charge in [-0.15, -0.1) is 0 Å². The van der Waals surface area contributed by atoms with Gasteiger partial charge in [0.05, 0.1) is 30.2 Å². The first-order valence-electron chi connectivity index (χ1n) is 8.31. The van der Waals surface area contributed by atoms with Crippen molar-refractivity contribution in [2.75, 3.05) is 5.32 Å². The zero-order valence-corrected chi connectivity index (χ0v) is 15.2. The predicted octanol–water partition coefficient (Wildman–Crippen LogP) is 3.20. The van der Waals surface area contributed by atoms with Gasteiger partial charge in [0, 0.05) is 18.9 Å². The molecule has 0 bridgehead atoms. The maximum Gasteiger partial charge on any atom is 0.171 e. The van der Waals surface area contributed by atoms with Gasteiger partial charge in [-0.3, -0.25) is 9.36 Å². The summed E-state index contributed by atoms with van der Waals surface area (Å²) in [7, 11) is 0. The van der Waals surface area contributed by atoms with Crippen LogP contribution in [0.4, 0.5) is 5.69 Å². The lowest BCUT2D eigenvalue weighted by molar-refractivity contribution is 0.613. The number of nitrogens with zero attached hydrogens (tertiary/aromatic N) is 4.